The first kappa shape index (κ1) is 15.0. The molecular weight excluding hydrogens is 261 g/mol. The van der Waals surface area contributed by atoms with E-state index in [1.165, 1.54) is 19.1 Å². The van der Waals surface area contributed by atoms with Gasteiger partial charge in [-0.25, -0.2) is 10.2 Å². The molecule has 104 valence electrons. The average molecular weight is 274 g/mol. The van der Waals surface area contributed by atoms with E-state index in [9.17, 15) is 18.0 Å². The van der Waals surface area contributed by atoms with Crippen molar-refractivity contribution in [1.82, 2.24) is 5.43 Å². The molecule has 1 aromatic carbocycles. The zero-order chi connectivity index (χ0) is 14.5. The molecule has 0 heterocycles. The minimum Gasteiger partial charge on any atom is -0.449 e. The second kappa shape index (κ2) is 6.21. The van der Waals surface area contributed by atoms with Gasteiger partial charge in [0.2, 0.25) is 0 Å². The monoisotopic (exact) mass is 274 g/mol. The van der Waals surface area contributed by atoms with Gasteiger partial charge in [-0.05, 0) is 31.5 Å². The third-order valence-corrected chi connectivity index (χ3v) is 2.20. The van der Waals surface area contributed by atoms with Crippen LogP contribution >= 0.6 is 0 Å². The van der Waals surface area contributed by atoms with Crippen molar-refractivity contribution in [3.8, 4) is 0 Å². The normalized spacial score (nSPS) is 12.2. The van der Waals surface area contributed by atoms with Gasteiger partial charge in [-0.2, -0.15) is 18.3 Å². The molecule has 7 heteroatoms. The van der Waals surface area contributed by atoms with Crippen molar-refractivity contribution >= 4 is 11.8 Å². The molecule has 0 unspecified atom stereocenters. The molecule has 19 heavy (non-hydrogen) atoms. The van der Waals surface area contributed by atoms with Crippen LogP contribution in [0.15, 0.2) is 29.4 Å². The lowest BCUT2D eigenvalue weighted by atomic mass is 10.1. The Bertz CT molecular complexity index is 484. The van der Waals surface area contributed by atoms with Gasteiger partial charge in [-0.3, -0.25) is 0 Å². The molecule has 0 radical (unpaired) electrons. The summed E-state index contributed by atoms with van der Waals surface area (Å²) >= 11 is 0. The fourth-order valence-corrected chi connectivity index (χ4v) is 1.28. The smallest absolute Gasteiger partial charge is 0.427 e. The van der Waals surface area contributed by atoms with Gasteiger partial charge >= 0.3 is 12.3 Å². The van der Waals surface area contributed by atoms with Gasteiger partial charge in [0, 0.05) is 0 Å². The van der Waals surface area contributed by atoms with E-state index in [2.05, 4.69) is 15.3 Å². The van der Waals surface area contributed by atoms with Crippen LogP contribution in [-0.2, 0) is 10.9 Å². The second-order valence-corrected chi connectivity index (χ2v) is 3.61. The van der Waals surface area contributed by atoms with Gasteiger partial charge in [-0.1, -0.05) is 12.1 Å². The highest BCUT2D eigenvalue weighted by molar-refractivity contribution is 5.99. The minimum atomic E-state index is -4.41. The van der Waals surface area contributed by atoms with Crippen molar-refractivity contribution in [3.05, 3.63) is 35.4 Å². The molecule has 0 saturated heterocycles. The molecule has 0 aromatic heterocycles. The molecule has 0 bridgehead atoms. The summed E-state index contributed by atoms with van der Waals surface area (Å²) in [4.78, 5) is 11.0. The number of halogens is 3. The van der Waals surface area contributed by atoms with Crippen LogP contribution in [0.4, 0.5) is 18.0 Å². The highest BCUT2D eigenvalue weighted by Crippen LogP contribution is 2.29. The molecular formula is C12H13F3N2O2. The van der Waals surface area contributed by atoms with Gasteiger partial charge in [0.1, 0.15) is 0 Å². The number of hydrogen-bond donors (Lipinski definition) is 1. The Morgan fingerprint density at radius 2 is 2.11 bits per heavy atom. The third kappa shape index (κ3) is 4.61. The number of ether oxygens (including phenoxy) is 1. The molecule has 1 N–H and O–H groups in total. The Balaban J connectivity index is 2.85. The molecule has 0 aliphatic rings. The van der Waals surface area contributed by atoms with Crippen molar-refractivity contribution in [2.45, 2.75) is 20.0 Å². The molecule has 0 atom stereocenters. The Hall–Kier alpha value is -2.05. The number of nitrogens with zero attached hydrogens (tertiary/aromatic N) is 1. The fraction of sp³-hybridized carbons (Fsp3) is 0.333. The summed E-state index contributed by atoms with van der Waals surface area (Å²) in [7, 11) is 0. The molecule has 0 fully saturated rings. The highest BCUT2D eigenvalue weighted by Gasteiger charge is 2.30. The summed E-state index contributed by atoms with van der Waals surface area (Å²) in [6, 6.07) is 4.68. The maximum Gasteiger partial charge on any atom is 0.427 e. The molecule has 0 aliphatic heterocycles. The summed E-state index contributed by atoms with van der Waals surface area (Å²) in [5, 5.41) is 3.66. The molecule has 1 rings (SSSR count). The van der Waals surface area contributed by atoms with Crippen LogP contribution in [-0.4, -0.2) is 18.4 Å². The number of hydrogen-bond acceptors (Lipinski definition) is 3. The average Bonchev–Trinajstić information content (AvgIpc) is 2.35. The van der Waals surface area contributed by atoms with Crippen molar-refractivity contribution in [1.29, 1.82) is 0 Å². The number of nitrogens with one attached hydrogen (secondary N) is 1. The van der Waals surface area contributed by atoms with E-state index in [4.69, 9.17) is 0 Å². The topological polar surface area (TPSA) is 50.7 Å². The van der Waals surface area contributed by atoms with Gasteiger partial charge in [-0.15, -0.1) is 0 Å². The molecule has 0 saturated carbocycles. The molecule has 1 amide bonds. The standard InChI is InChI=1S/C12H13F3N2O2/c1-3-19-11(18)17-16-8(2)9-5-4-6-10(7-9)12(13,14)15/h4-7H,3H2,1-2H3,(H,17,18)/b16-8+. The SMILES string of the molecule is CCOC(=O)N/N=C(\C)c1cccc(C(F)(F)F)c1. The van der Waals surface area contributed by atoms with E-state index in [1.807, 2.05) is 0 Å². The summed E-state index contributed by atoms with van der Waals surface area (Å²) < 4.78 is 42.1. The summed E-state index contributed by atoms with van der Waals surface area (Å²) in [6.07, 6.45) is -5.17. The van der Waals surface area contributed by atoms with Gasteiger partial charge in [0.25, 0.3) is 0 Å². The van der Waals surface area contributed by atoms with E-state index in [1.54, 1.807) is 6.92 Å². The van der Waals surface area contributed by atoms with Crippen LogP contribution in [0.1, 0.15) is 25.0 Å². The second-order valence-electron chi connectivity index (χ2n) is 3.61. The van der Waals surface area contributed by atoms with Crippen LogP contribution in [0, 0.1) is 0 Å². The first-order valence-corrected chi connectivity index (χ1v) is 5.49. The molecule has 0 aliphatic carbocycles. The summed E-state index contributed by atoms with van der Waals surface area (Å²) in [6.45, 7) is 3.30. The number of amides is 1. The van der Waals surface area contributed by atoms with E-state index >= 15 is 0 Å². The third-order valence-electron chi connectivity index (χ3n) is 2.20. The lowest BCUT2D eigenvalue weighted by Crippen LogP contribution is -2.20. The van der Waals surface area contributed by atoms with Crippen LogP contribution in [0.3, 0.4) is 0 Å². The maximum atomic E-state index is 12.5. The highest BCUT2D eigenvalue weighted by atomic mass is 19.4. The first-order chi connectivity index (χ1) is 8.84. The number of alkyl halides is 3. The van der Waals surface area contributed by atoms with Crippen LogP contribution < -0.4 is 5.43 Å². The number of rotatable bonds is 3. The lowest BCUT2D eigenvalue weighted by molar-refractivity contribution is -0.137. The Labute approximate surface area is 108 Å². The molecule has 0 spiro atoms. The van der Waals surface area contributed by atoms with E-state index in [0.717, 1.165) is 12.1 Å². The summed E-state index contributed by atoms with van der Waals surface area (Å²) in [5.41, 5.74) is 1.84. The zero-order valence-corrected chi connectivity index (χ0v) is 10.4. The predicted molar refractivity (Wildman–Crippen MR) is 63.8 cm³/mol. The van der Waals surface area contributed by atoms with Gasteiger partial charge < -0.3 is 4.74 Å². The van der Waals surface area contributed by atoms with E-state index in [-0.39, 0.29) is 17.9 Å². The Morgan fingerprint density at radius 1 is 1.42 bits per heavy atom. The van der Waals surface area contributed by atoms with Crippen molar-refractivity contribution in [3.63, 3.8) is 0 Å². The van der Waals surface area contributed by atoms with Gasteiger partial charge in [0.15, 0.2) is 0 Å². The van der Waals surface area contributed by atoms with Crippen LogP contribution in [0.5, 0.6) is 0 Å². The number of benzene rings is 1. The largest absolute Gasteiger partial charge is 0.449 e. The summed E-state index contributed by atoms with van der Waals surface area (Å²) in [5.74, 6) is 0. The van der Waals surface area contributed by atoms with Crippen molar-refractivity contribution in [2.24, 2.45) is 5.10 Å². The van der Waals surface area contributed by atoms with E-state index < -0.39 is 17.8 Å². The minimum absolute atomic E-state index is 0.184. The molecule has 4 nitrogen and oxygen atoms in total. The first-order valence-electron chi connectivity index (χ1n) is 5.49. The Kier molecular flexibility index (Phi) is 4.91. The quantitative estimate of drug-likeness (QED) is 0.680. The van der Waals surface area contributed by atoms with Gasteiger partial charge in [0.05, 0.1) is 17.9 Å². The predicted octanol–water partition coefficient (Wildman–Crippen LogP) is 3.18. The number of hydrazone groups is 1. The molecule has 1 aromatic rings. The lowest BCUT2D eigenvalue weighted by Gasteiger charge is -2.08. The van der Waals surface area contributed by atoms with E-state index in [0.29, 0.717) is 0 Å². The van der Waals surface area contributed by atoms with Crippen LogP contribution in [0.25, 0.3) is 0 Å². The van der Waals surface area contributed by atoms with Crippen LogP contribution in [0.2, 0.25) is 0 Å². The fourth-order valence-electron chi connectivity index (χ4n) is 1.28. The maximum absolute atomic E-state index is 12.5. The van der Waals surface area contributed by atoms with Crippen molar-refractivity contribution in [2.75, 3.05) is 6.61 Å². The van der Waals surface area contributed by atoms with Crippen molar-refractivity contribution < 1.29 is 22.7 Å². The number of carbonyl (C=O) groups excluding carboxylic acids is 1. The Morgan fingerprint density at radius 3 is 2.68 bits per heavy atom. The zero-order valence-electron chi connectivity index (χ0n) is 10.4. The number of carbonyl (C=O) groups is 1.